The molecule has 1 unspecified atom stereocenters. The van der Waals surface area contributed by atoms with Crippen molar-refractivity contribution in [3.8, 4) is 0 Å². The third-order valence-electron chi connectivity index (χ3n) is 3.87. The van der Waals surface area contributed by atoms with Crippen LogP contribution >= 0.6 is 11.3 Å². The fraction of sp³-hybridized carbons (Fsp3) is 0.222. The monoisotopic (exact) mass is 343 g/mol. The third kappa shape index (κ3) is 3.90. The number of benzene rings is 1. The first-order valence-electron chi connectivity index (χ1n) is 7.57. The number of carbonyl (C=O) groups excluding carboxylic acids is 1. The number of carbonyl (C=O) groups is 2. The Hall–Kier alpha value is -2.44. The highest BCUT2D eigenvalue weighted by Gasteiger charge is 2.24. The lowest BCUT2D eigenvalue weighted by atomic mass is 10.1. The van der Waals surface area contributed by atoms with E-state index in [1.54, 1.807) is 34.4 Å². The number of amides is 1. The van der Waals surface area contributed by atoms with Crippen LogP contribution in [-0.4, -0.2) is 41.6 Å². The van der Waals surface area contributed by atoms with Crippen LogP contribution < -0.4 is 0 Å². The molecule has 1 atom stereocenters. The maximum atomic E-state index is 12.4. The molecule has 0 aliphatic carbocycles. The van der Waals surface area contributed by atoms with E-state index in [4.69, 9.17) is 9.84 Å². The van der Waals surface area contributed by atoms with Gasteiger partial charge in [-0.25, -0.2) is 4.79 Å². The van der Waals surface area contributed by atoms with Gasteiger partial charge >= 0.3 is 5.97 Å². The lowest BCUT2D eigenvalue weighted by Crippen LogP contribution is -2.41. The summed E-state index contributed by atoms with van der Waals surface area (Å²) >= 11 is 1.61. The van der Waals surface area contributed by atoms with E-state index in [1.807, 2.05) is 16.8 Å². The standard InChI is InChI=1S/C18H17NO4S/c20-17(6-3-13-1-4-14(5-2-13)18(21)22)19-8-9-23-16(11-19)15-7-10-24-12-15/h1-7,10,12,16H,8-9,11H2,(H,21,22). The molecule has 0 spiro atoms. The molecule has 1 aliphatic rings. The van der Waals surface area contributed by atoms with Gasteiger partial charge in [-0.15, -0.1) is 0 Å². The minimum absolute atomic E-state index is 0.0687. The zero-order valence-electron chi connectivity index (χ0n) is 12.9. The first-order chi connectivity index (χ1) is 11.6. The summed E-state index contributed by atoms with van der Waals surface area (Å²) in [5.41, 5.74) is 2.12. The lowest BCUT2D eigenvalue weighted by Gasteiger charge is -2.32. The van der Waals surface area contributed by atoms with Crippen LogP contribution in [0.5, 0.6) is 0 Å². The Bertz CT molecular complexity index is 737. The van der Waals surface area contributed by atoms with E-state index in [2.05, 4.69) is 0 Å². The number of thiophene rings is 1. The smallest absolute Gasteiger partial charge is 0.335 e. The summed E-state index contributed by atoms with van der Waals surface area (Å²) in [4.78, 5) is 24.9. The van der Waals surface area contributed by atoms with Gasteiger partial charge in [0.2, 0.25) is 5.91 Å². The quantitative estimate of drug-likeness (QED) is 0.867. The van der Waals surface area contributed by atoms with Crippen LogP contribution in [0.4, 0.5) is 0 Å². The van der Waals surface area contributed by atoms with Crippen LogP contribution in [0.15, 0.2) is 47.2 Å². The molecule has 3 rings (SSSR count). The Balaban J connectivity index is 1.62. The lowest BCUT2D eigenvalue weighted by molar-refractivity contribution is -0.133. The molecule has 1 saturated heterocycles. The summed E-state index contributed by atoms with van der Waals surface area (Å²) in [7, 11) is 0. The van der Waals surface area contributed by atoms with Crippen LogP contribution in [0.25, 0.3) is 6.08 Å². The number of morpholine rings is 1. The molecule has 1 aromatic heterocycles. The van der Waals surface area contributed by atoms with Crippen molar-refractivity contribution in [2.75, 3.05) is 19.7 Å². The van der Waals surface area contributed by atoms with Crippen LogP contribution in [-0.2, 0) is 9.53 Å². The van der Waals surface area contributed by atoms with E-state index in [9.17, 15) is 9.59 Å². The average Bonchev–Trinajstić information content (AvgIpc) is 3.15. The Kier molecular flexibility index (Phi) is 5.08. The highest BCUT2D eigenvalue weighted by atomic mass is 32.1. The van der Waals surface area contributed by atoms with Crippen molar-refractivity contribution in [2.24, 2.45) is 0 Å². The van der Waals surface area contributed by atoms with Gasteiger partial charge in [-0.1, -0.05) is 12.1 Å². The minimum atomic E-state index is -0.964. The molecule has 1 aromatic carbocycles. The first-order valence-corrected chi connectivity index (χ1v) is 8.52. The van der Waals surface area contributed by atoms with Gasteiger partial charge in [-0.05, 0) is 46.2 Å². The fourth-order valence-electron chi connectivity index (χ4n) is 2.52. The summed E-state index contributed by atoms with van der Waals surface area (Å²) in [6, 6.07) is 8.42. The van der Waals surface area contributed by atoms with Crippen molar-refractivity contribution >= 4 is 29.3 Å². The van der Waals surface area contributed by atoms with E-state index in [-0.39, 0.29) is 17.6 Å². The van der Waals surface area contributed by atoms with Crippen molar-refractivity contribution in [2.45, 2.75) is 6.10 Å². The van der Waals surface area contributed by atoms with Crippen molar-refractivity contribution in [3.05, 3.63) is 63.9 Å². The molecular weight excluding hydrogens is 326 g/mol. The molecule has 0 radical (unpaired) electrons. The maximum Gasteiger partial charge on any atom is 0.335 e. The van der Waals surface area contributed by atoms with Crippen LogP contribution in [0.3, 0.4) is 0 Å². The largest absolute Gasteiger partial charge is 0.478 e. The Morgan fingerprint density at radius 2 is 2.04 bits per heavy atom. The summed E-state index contributed by atoms with van der Waals surface area (Å²) in [6.07, 6.45) is 3.15. The average molecular weight is 343 g/mol. The van der Waals surface area contributed by atoms with E-state index in [1.165, 1.54) is 18.2 Å². The van der Waals surface area contributed by atoms with E-state index >= 15 is 0 Å². The predicted molar refractivity (Wildman–Crippen MR) is 92.0 cm³/mol. The van der Waals surface area contributed by atoms with Gasteiger partial charge in [0.05, 0.1) is 18.7 Å². The summed E-state index contributed by atoms with van der Waals surface area (Å²) in [5, 5.41) is 12.9. The van der Waals surface area contributed by atoms with Gasteiger partial charge in [-0.3, -0.25) is 4.79 Å². The van der Waals surface area contributed by atoms with E-state index in [0.29, 0.717) is 19.7 Å². The van der Waals surface area contributed by atoms with Gasteiger partial charge in [0.25, 0.3) is 0 Å². The predicted octanol–water partition coefficient (Wildman–Crippen LogP) is 3.06. The Morgan fingerprint density at radius 1 is 1.25 bits per heavy atom. The molecule has 0 bridgehead atoms. The number of carboxylic acid groups (broad SMARTS) is 1. The van der Waals surface area contributed by atoms with Gasteiger partial charge < -0.3 is 14.7 Å². The molecule has 1 N–H and O–H groups in total. The number of carboxylic acids is 1. The molecule has 2 aromatic rings. The highest BCUT2D eigenvalue weighted by Crippen LogP contribution is 2.24. The normalized spacial score (nSPS) is 18.0. The van der Waals surface area contributed by atoms with E-state index < -0.39 is 5.97 Å². The van der Waals surface area contributed by atoms with Gasteiger partial charge in [0, 0.05) is 12.6 Å². The molecule has 5 nitrogen and oxygen atoms in total. The zero-order valence-corrected chi connectivity index (χ0v) is 13.7. The minimum Gasteiger partial charge on any atom is -0.478 e. The zero-order chi connectivity index (χ0) is 16.9. The number of hydrogen-bond acceptors (Lipinski definition) is 4. The molecular formula is C18H17NO4S. The van der Waals surface area contributed by atoms with Gasteiger partial charge in [-0.2, -0.15) is 11.3 Å². The maximum absolute atomic E-state index is 12.4. The number of nitrogens with zero attached hydrogens (tertiary/aromatic N) is 1. The first kappa shape index (κ1) is 16.4. The molecule has 6 heteroatoms. The van der Waals surface area contributed by atoms with Crippen molar-refractivity contribution in [1.82, 2.24) is 4.90 Å². The second-order valence-corrected chi connectivity index (χ2v) is 6.24. The fourth-order valence-corrected chi connectivity index (χ4v) is 3.22. The van der Waals surface area contributed by atoms with E-state index in [0.717, 1.165) is 11.1 Å². The van der Waals surface area contributed by atoms with Crippen LogP contribution in [0.1, 0.15) is 27.6 Å². The molecule has 1 aliphatic heterocycles. The second-order valence-electron chi connectivity index (χ2n) is 5.46. The molecule has 124 valence electrons. The third-order valence-corrected chi connectivity index (χ3v) is 4.57. The second kappa shape index (κ2) is 7.42. The summed E-state index contributed by atoms with van der Waals surface area (Å²) in [5.74, 6) is -1.03. The summed E-state index contributed by atoms with van der Waals surface area (Å²) in [6.45, 7) is 1.63. The molecule has 0 saturated carbocycles. The van der Waals surface area contributed by atoms with Crippen LogP contribution in [0, 0.1) is 0 Å². The number of ether oxygens (including phenoxy) is 1. The van der Waals surface area contributed by atoms with Gasteiger partial charge in [0.1, 0.15) is 6.10 Å². The number of hydrogen-bond donors (Lipinski definition) is 1. The van der Waals surface area contributed by atoms with Crippen molar-refractivity contribution in [3.63, 3.8) is 0 Å². The summed E-state index contributed by atoms with van der Waals surface area (Å²) < 4.78 is 5.73. The van der Waals surface area contributed by atoms with Crippen molar-refractivity contribution in [1.29, 1.82) is 0 Å². The molecule has 24 heavy (non-hydrogen) atoms. The number of rotatable bonds is 4. The van der Waals surface area contributed by atoms with Crippen molar-refractivity contribution < 1.29 is 19.4 Å². The Morgan fingerprint density at radius 3 is 2.71 bits per heavy atom. The molecule has 2 heterocycles. The number of aromatic carboxylic acids is 1. The topological polar surface area (TPSA) is 66.8 Å². The molecule has 1 fully saturated rings. The Labute approximate surface area is 143 Å². The van der Waals surface area contributed by atoms with Gasteiger partial charge in [0.15, 0.2) is 0 Å². The SMILES string of the molecule is O=C(O)c1ccc(C=CC(=O)N2CCOC(c3ccsc3)C2)cc1. The molecule has 1 amide bonds. The van der Waals surface area contributed by atoms with Crippen LogP contribution in [0.2, 0.25) is 0 Å². The highest BCUT2D eigenvalue weighted by molar-refractivity contribution is 7.07.